The van der Waals surface area contributed by atoms with Gasteiger partial charge in [0.05, 0.1) is 6.07 Å². The van der Waals surface area contributed by atoms with E-state index in [0.717, 1.165) is 0 Å². The Balaban J connectivity index is 2.81. The predicted molar refractivity (Wildman–Crippen MR) is 63.6 cm³/mol. The molecule has 0 saturated carbocycles. The number of halogens is 1. The van der Waals surface area contributed by atoms with Gasteiger partial charge in [0.2, 0.25) is 0 Å². The van der Waals surface area contributed by atoms with Crippen molar-refractivity contribution in [3.63, 3.8) is 0 Å². The van der Waals surface area contributed by atoms with Gasteiger partial charge in [0.1, 0.15) is 11.7 Å². The molecule has 0 bridgehead atoms. The molecule has 1 rings (SSSR count). The van der Waals surface area contributed by atoms with Crippen LogP contribution in [0, 0.1) is 17.2 Å². The lowest BCUT2D eigenvalue weighted by atomic mass is 10.1. The Labute approximate surface area is 103 Å². The van der Waals surface area contributed by atoms with Crippen LogP contribution in [0.4, 0.5) is 0 Å². The molecule has 0 fully saturated rings. The Morgan fingerprint density at radius 2 is 2.31 bits per heavy atom. The molecule has 0 saturated heterocycles. The number of amides is 1. The van der Waals surface area contributed by atoms with Crippen LogP contribution in [0.1, 0.15) is 24.3 Å². The van der Waals surface area contributed by atoms with E-state index < -0.39 is 6.04 Å². The van der Waals surface area contributed by atoms with Gasteiger partial charge in [0.25, 0.3) is 5.91 Å². The summed E-state index contributed by atoms with van der Waals surface area (Å²) in [5, 5.41) is 11.5. The molecule has 1 N–H and O–H groups in total. The van der Waals surface area contributed by atoms with Gasteiger partial charge in [-0.15, -0.1) is 0 Å². The third kappa shape index (κ3) is 3.04. The number of hydrogen-bond donors (Lipinski definition) is 1. The molecule has 0 aliphatic heterocycles. The molecule has 5 heteroatoms. The van der Waals surface area contributed by atoms with Crippen molar-refractivity contribution in [1.29, 1.82) is 5.26 Å². The van der Waals surface area contributed by atoms with Crippen molar-refractivity contribution in [3.05, 3.63) is 28.5 Å². The molecule has 1 aromatic rings. The third-order valence-corrected chi connectivity index (χ3v) is 2.71. The zero-order valence-corrected chi connectivity index (χ0v) is 10.7. The molecule has 1 amide bonds. The lowest BCUT2D eigenvalue weighted by Gasteiger charge is -2.14. The largest absolute Gasteiger partial charge is 0.335 e. The van der Waals surface area contributed by atoms with E-state index in [2.05, 4.69) is 26.2 Å². The molecule has 0 aliphatic carbocycles. The smallest absolute Gasteiger partial charge is 0.272 e. The SMILES string of the molecule is CC(C)C(C#N)NC(=O)c1ncccc1Br. The first-order valence-electron chi connectivity index (χ1n) is 4.87. The quantitative estimate of drug-likeness (QED) is 0.923. The summed E-state index contributed by atoms with van der Waals surface area (Å²) in [5.41, 5.74) is 0.295. The van der Waals surface area contributed by atoms with Gasteiger partial charge in [-0.2, -0.15) is 5.26 Å². The highest BCUT2D eigenvalue weighted by molar-refractivity contribution is 9.10. The van der Waals surface area contributed by atoms with Gasteiger partial charge >= 0.3 is 0 Å². The van der Waals surface area contributed by atoms with Crippen LogP contribution in [0.2, 0.25) is 0 Å². The van der Waals surface area contributed by atoms with E-state index in [-0.39, 0.29) is 11.8 Å². The highest BCUT2D eigenvalue weighted by atomic mass is 79.9. The van der Waals surface area contributed by atoms with Gasteiger partial charge in [0, 0.05) is 10.7 Å². The first-order valence-corrected chi connectivity index (χ1v) is 5.66. The van der Waals surface area contributed by atoms with Crippen molar-refractivity contribution in [2.75, 3.05) is 0 Å². The molecule has 16 heavy (non-hydrogen) atoms. The zero-order chi connectivity index (χ0) is 12.1. The van der Waals surface area contributed by atoms with Gasteiger partial charge in [-0.05, 0) is 34.0 Å². The van der Waals surface area contributed by atoms with Crippen LogP contribution in [-0.2, 0) is 0 Å². The lowest BCUT2D eigenvalue weighted by Crippen LogP contribution is -2.37. The van der Waals surface area contributed by atoms with E-state index in [1.54, 1.807) is 12.1 Å². The van der Waals surface area contributed by atoms with E-state index >= 15 is 0 Å². The minimum absolute atomic E-state index is 0.0661. The van der Waals surface area contributed by atoms with Crippen molar-refractivity contribution >= 4 is 21.8 Å². The van der Waals surface area contributed by atoms with E-state index in [9.17, 15) is 4.79 Å². The fourth-order valence-electron chi connectivity index (χ4n) is 1.11. The van der Waals surface area contributed by atoms with Crippen LogP contribution >= 0.6 is 15.9 Å². The van der Waals surface area contributed by atoms with Gasteiger partial charge in [-0.1, -0.05) is 13.8 Å². The van der Waals surface area contributed by atoms with Crippen LogP contribution in [-0.4, -0.2) is 16.9 Å². The minimum Gasteiger partial charge on any atom is -0.335 e. The van der Waals surface area contributed by atoms with E-state index in [1.807, 2.05) is 19.9 Å². The number of carbonyl (C=O) groups is 1. The maximum absolute atomic E-state index is 11.8. The number of carbonyl (C=O) groups excluding carboxylic acids is 1. The summed E-state index contributed by atoms with van der Waals surface area (Å²) in [7, 11) is 0. The maximum atomic E-state index is 11.8. The monoisotopic (exact) mass is 281 g/mol. The average Bonchev–Trinajstić information content (AvgIpc) is 2.25. The number of pyridine rings is 1. The third-order valence-electron chi connectivity index (χ3n) is 2.07. The van der Waals surface area contributed by atoms with E-state index in [4.69, 9.17) is 5.26 Å². The average molecular weight is 282 g/mol. The normalized spacial score (nSPS) is 11.9. The topological polar surface area (TPSA) is 65.8 Å². The Kier molecular flexibility index (Phi) is 4.44. The molecule has 1 atom stereocenters. The van der Waals surface area contributed by atoms with Crippen LogP contribution in [0.15, 0.2) is 22.8 Å². The summed E-state index contributed by atoms with van der Waals surface area (Å²) < 4.78 is 0.618. The highest BCUT2D eigenvalue weighted by Gasteiger charge is 2.18. The second kappa shape index (κ2) is 5.61. The Bertz CT molecular complexity index is 425. The lowest BCUT2D eigenvalue weighted by molar-refractivity contribution is 0.0931. The van der Waals surface area contributed by atoms with Gasteiger partial charge in [-0.25, -0.2) is 4.98 Å². The maximum Gasteiger partial charge on any atom is 0.272 e. The molecule has 0 radical (unpaired) electrons. The van der Waals surface area contributed by atoms with Crippen LogP contribution < -0.4 is 5.32 Å². The fraction of sp³-hybridized carbons (Fsp3) is 0.364. The first-order chi connectivity index (χ1) is 7.56. The number of nitrogens with zero attached hydrogens (tertiary/aromatic N) is 2. The Morgan fingerprint density at radius 1 is 1.62 bits per heavy atom. The second-order valence-electron chi connectivity index (χ2n) is 3.66. The van der Waals surface area contributed by atoms with Gasteiger partial charge in [-0.3, -0.25) is 4.79 Å². The molecular weight excluding hydrogens is 270 g/mol. The van der Waals surface area contributed by atoms with Crippen LogP contribution in [0.5, 0.6) is 0 Å². The molecule has 4 nitrogen and oxygen atoms in total. The molecule has 84 valence electrons. The molecule has 0 spiro atoms. The van der Waals surface area contributed by atoms with Crippen molar-refractivity contribution < 1.29 is 4.79 Å². The molecule has 1 heterocycles. The first kappa shape index (κ1) is 12.7. The number of nitriles is 1. The van der Waals surface area contributed by atoms with Gasteiger partial charge in [0.15, 0.2) is 0 Å². The highest BCUT2D eigenvalue weighted by Crippen LogP contribution is 2.13. The fourth-order valence-corrected chi connectivity index (χ4v) is 1.55. The summed E-state index contributed by atoms with van der Waals surface area (Å²) in [6.07, 6.45) is 1.54. The molecule has 0 aromatic carbocycles. The summed E-state index contributed by atoms with van der Waals surface area (Å²) in [4.78, 5) is 15.7. The van der Waals surface area contributed by atoms with E-state index in [1.165, 1.54) is 6.20 Å². The van der Waals surface area contributed by atoms with Crippen LogP contribution in [0.25, 0.3) is 0 Å². The standard InChI is InChI=1S/C11H12BrN3O/c1-7(2)9(6-13)15-11(16)10-8(12)4-3-5-14-10/h3-5,7,9H,1-2H3,(H,15,16). The minimum atomic E-state index is -0.499. The van der Waals surface area contributed by atoms with Crippen molar-refractivity contribution in [3.8, 4) is 6.07 Å². The summed E-state index contributed by atoms with van der Waals surface area (Å²) in [6, 6.07) is 5.01. The molecule has 1 unspecified atom stereocenters. The molecule has 1 aromatic heterocycles. The predicted octanol–water partition coefficient (Wildman–Crippen LogP) is 2.12. The number of aromatic nitrogens is 1. The summed E-state index contributed by atoms with van der Waals surface area (Å²) >= 11 is 3.24. The summed E-state index contributed by atoms with van der Waals surface area (Å²) in [6.45, 7) is 3.75. The van der Waals surface area contributed by atoms with Crippen molar-refractivity contribution in [2.24, 2.45) is 5.92 Å². The Hall–Kier alpha value is -1.41. The molecular formula is C11H12BrN3O. The van der Waals surface area contributed by atoms with Crippen LogP contribution in [0.3, 0.4) is 0 Å². The summed E-state index contributed by atoms with van der Waals surface area (Å²) in [5.74, 6) is -0.274. The van der Waals surface area contributed by atoms with Gasteiger partial charge < -0.3 is 5.32 Å². The van der Waals surface area contributed by atoms with E-state index in [0.29, 0.717) is 10.2 Å². The zero-order valence-electron chi connectivity index (χ0n) is 9.07. The van der Waals surface area contributed by atoms with Crippen molar-refractivity contribution in [2.45, 2.75) is 19.9 Å². The number of rotatable bonds is 3. The van der Waals surface area contributed by atoms with Crippen molar-refractivity contribution in [1.82, 2.24) is 10.3 Å². The molecule has 0 aliphatic rings. The Morgan fingerprint density at radius 3 is 2.81 bits per heavy atom. The number of hydrogen-bond acceptors (Lipinski definition) is 3. The number of nitrogens with one attached hydrogen (secondary N) is 1. The second-order valence-corrected chi connectivity index (χ2v) is 4.51.